The number of methoxy groups -OCH3 is 1. The molecule has 0 saturated carbocycles. The minimum Gasteiger partial charge on any atom is -0.469 e. The van der Waals surface area contributed by atoms with Gasteiger partial charge in [0.15, 0.2) is 0 Å². The van der Waals surface area contributed by atoms with Crippen LogP contribution in [0.1, 0.15) is 13.3 Å². The Morgan fingerprint density at radius 1 is 1.53 bits per heavy atom. The van der Waals surface area contributed by atoms with Crippen molar-refractivity contribution in [1.29, 1.82) is 0 Å². The average Bonchev–Trinajstić information content (AvgIpc) is 2.29. The predicted octanol–water partition coefficient (Wildman–Crippen LogP) is 0.826. The van der Waals surface area contributed by atoms with E-state index in [1.54, 1.807) is 0 Å². The maximum Gasteiger partial charge on any atom is 0.309 e. The normalized spacial score (nSPS) is 20.4. The zero-order chi connectivity index (χ0) is 11.1. The van der Waals surface area contributed by atoms with Gasteiger partial charge in [-0.05, 0) is 6.92 Å². The molecule has 1 aliphatic rings. The Morgan fingerprint density at radius 3 is 2.80 bits per heavy atom. The van der Waals surface area contributed by atoms with Gasteiger partial charge in [0.25, 0.3) is 0 Å². The van der Waals surface area contributed by atoms with Crippen molar-refractivity contribution >= 4 is 5.97 Å². The summed E-state index contributed by atoms with van der Waals surface area (Å²) >= 11 is 0. The number of carbonyl (C=O) groups is 1. The lowest BCUT2D eigenvalue weighted by Gasteiger charge is -2.30. The minimum absolute atomic E-state index is 0.194. The number of ether oxygens (including phenoxy) is 2. The highest BCUT2D eigenvalue weighted by atomic mass is 16.5. The highest BCUT2D eigenvalue weighted by Gasteiger charge is 2.14. The smallest absolute Gasteiger partial charge is 0.309 e. The first-order valence-electron chi connectivity index (χ1n) is 5.29. The molecule has 0 amide bonds. The third-order valence-electron chi connectivity index (χ3n) is 2.55. The average molecular weight is 213 g/mol. The van der Waals surface area contributed by atoms with E-state index < -0.39 is 0 Å². The molecule has 4 nitrogen and oxygen atoms in total. The molecule has 15 heavy (non-hydrogen) atoms. The van der Waals surface area contributed by atoms with E-state index in [0.717, 1.165) is 26.3 Å². The van der Waals surface area contributed by atoms with Crippen LogP contribution in [0.3, 0.4) is 0 Å². The molecule has 1 aliphatic heterocycles. The van der Waals surface area contributed by atoms with Crippen LogP contribution in [0.5, 0.6) is 0 Å². The Kier molecular flexibility index (Phi) is 5.36. The molecule has 1 heterocycles. The van der Waals surface area contributed by atoms with Gasteiger partial charge >= 0.3 is 5.97 Å². The molecular weight excluding hydrogens is 194 g/mol. The molecule has 4 heteroatoms. The summed E-state index contributed by atoms with van der Waals surface area (Å²) in [7, 11) is 1.40. The van der Waals surface area contributed by atoms with Gasteiger partial charge in [-0.2, -0.15) is 0 Å². The van der Waals surface area contributed by atoms with Gasteiger partial charge < -0.3 is 9.47 Å². The van der Waals surface area contributed by atoms with Crippen molar-refractivity contribution in [1.82, 2.24) is 4.90 Å². The maximum atomic E-state index is 10.9. The van der Waals surface area contributed by atoms with Gasteiger partial charge in [0.1, 0.15) is 0 Å². The summed E-state index contributed by atoms with van der Waals surface area (Å²) in [5.74, 6) is -0.194. The Bertz CT molecular complexity index is 222. The number of hydrogen-bond acceptors (Lipinski definition) is 4. The zero-order valence-electron chi connectivity index (χ0n) is 9.44. The molecule has 0 N–H and O–H groups in total. The molecule has 0 unspecified atom stereocenters. The van der Waals surface area contributed by atoms with Crippen molar-refractivity contribution in [3.8, 4) is 0 Å². The van der Waals surface area contributed by atoms with Crippen molar-refractivity contribution in [2.75, 3.05) is 33.4 Å². The van der Waals surface area contributed by atoms with E-state index in [0.29, 0.717) is 12.5 Å². The number of esters is 1. The third-order valence-corrected chi connectivity index (χ3v) is 2.55. The van der Waals surface area contributed by atoms with E-state index >= 15 is 0 Å². The summed E-state index contributed by atoms with van der Waals surface area (Å²) in [5, 5.41) is 0. The van der Waals surface area contributed by atoms with Gasteiger partial charge in [-0.3, -0.25) is 9.69 Å². The molecule has 0 aromatic rings. The minimum atomic E-state index is -0.194. The maximum absolute atomic E-state index is 10.9. The van der Waals surface area contributed by atoms with Crippen LogP contribution in [0.15, 0.2) is 12.2 Å². The summed E-state index contributed by atoms with van der Waals surface area (Å²) in [4.78, 5) is 13.2. The Morgan fingerprint density at radius 2 is 2.20 bits per heavy atom. The number of rotatable bonds is 4. The van der Waals surface area contributed by atoms with Crippen molar-refractivity contribution in [2.24, 2.45) is 0 Å². The van der Waals surface area contributed by atoms with E-state index in [4.69, 9.17) is 4.74 Å². The molecule has 0 bridgehead atoms. The van der Waals surface area contributed by atoms with Crippen molar-refractivity contribution in [3.63, 3.8) is 0 Å². The standard InChI is InChI=1S/C11H19NO3/c1-10(4-3-5-11(13)14-2)12-6-8-15-9-7-12/h3-4,10H,5-9H2,1-2H3/b4-3+/t10-/m1/s1. The molecule has 0 aromatic carbocycles. The largest absolute Gasteiger partial charge is 0.469 e. The van der Waals surface area contributed by atoms with E-state index in [-0.39, 0.29) is 5.97 Å². The second-order valence-electron chi connectivity index (χ2n) is 3.60. The van der Waals surface area contributed by atoms with Gasteiger partial charge in [-0.1, -0.05) is 12.2 Å². The van der Waals surface area contributed by atoms with E-state index in [9.17, 15) is 4.79 Å². The first kappa shape index (κ1) is 12.2. The lowest BCUT2D eigenvalue weighted by atomic mass is 10.2. The molecule has 86 valence electrons. The van der Waals surface area contributed by atoms with Crippen LogP contribution < -0.4 is 0 Å². The number of carbonyl (C=O) groups excluding carboxylic acids is 1. The molecule has 0 aliphatic carbocycles. The molecule has 1 saturated heterocycles. The van der Waals surface area contributed by atoms with E-state index in [1.165, 1.54) is 7.11 Å². The second-order valence-corrected chi connectivity index (χ2v) is 3.60. The second kappa shape index (κ2) is 6.58. The Balaban J connectivity index is 2.26. The number of hydrogen-bond donors (Lipinski definition) is 0. The molecule has 0 radical (unpaired) electrons. The fraction of sp³-hybridized carbons (Fsp3) is 0.727. The molecule has 1 atom stereocenters. The summed E-state index contributed by atoms with van der Waals surface area (Å²) < 4.78 is 9.82. The molecular formula is C11H19NO3. The summed E-state index contributed by atoms with van der Waals surface area (Å²) in [6, 6.07) is 0.360. The Labute approximate surface area is 90.8 Å². The molecule has 1 fully saturated rings. The van der Waals surface area contributed by atoms with Crippen LogP contribution in [0.2, 0.25) is 0 Å². The lowest BCUT2D eigenvalue weighted by molar-refractivity contribution is -0.139. The number of morpholine rings is 1. The molecule has 0 aromatic heterocycles. The van der Waals surface area contributed by atoms with Crippen molar-refractivity contribution in [2.45, 2.75) is 19.4 Å². The van der Waals surface area contributed by atoms with Crippen LogP contribution in [0.4, 0.5) is 0 Å². The lowest BCUT2D eigenvalue weighted by Crippen LogP contribution is -2.41. The molecule has 1 rings (SSSR count). The van der Waals surface area contributed by atoms with Gasteiger partial charge in [-0.15, -0.1) is 0 Å². The van der Waals surface area contributed by atoms with E-state index in [1.807, 2.05) is 12.2 Å². The van der Waals surface area contributed by atoms with Crippen molar-refractivity contribution in [3.05, 3.63) is 12.2 Å². The Hall–Kier alpha value is -0.870. The van der Waals surface area contributed by atoms with Crippen LogP contribution in [-0.4, -0.2) is 50.3 Å². The van der Waals surface area contributed by atoms with Gasteiger partial charge in [0.2, 0.25) is 0 Å². The summed E-state index contributed by atoms with van der Waals surface area (Å²) in [6.07, 6.45) is 4.26. The van der Waals surface area contributed by atoms with Crippen LogP contribution in [0.25, 0.3) is 0 Å². The zero-order valence-corrected chi connectivity index (χ0v) is 9.44. The third kappa shape index (κ3) is 4.44. The predicted molar refractivity (Wildman–Crippen MR) is 57.6 cm³/mol. The summed E-state index contributed by atoms with van der Waals surface area (Å²) in [5.41, 5.74) is 0. The monoisotopic (exact) mass is 213 g/mol. The highest BCUT2D eigenvalue weighted by molar-refractivity contribution is 5.70. The number of nitrogens with zero attached hydrogens (tertiary/aromatic N) is 1. The molecule has 0 spiro atoms. The fourth-order valence-electron chi connectivity index (χ4n) is 1.55. The van der Waals surface area contributed by atoms with Gasteiger partial charge in [0.05, 0.1) is 26.7 Å². The summed E-state index contributed by atoms with van der Waals surface area (Å²) in [6.45, 7) is 5.65. The highest BCUT2D eigenvalue weighted by Crippen LogP contribution is 2.05. The van der Waals surface area contributed by atoms with Gasteiger partial charge in [-0.25, -0.2) is 0 Å². The van der Waals surface area contributed by atoms with E-state index in [2.05, 4.69) is 16.6 Å². The first-order valence-corrected chi connectivity index (χ1v) is 5.29. The first-order chi connectivity index (χ1) is 7.24. The van der Waals surface area contributed by atoms with Crippen LogP contribution >= 0.6 is 0 Å². The fourth-order valence-corrected chi connectivity index (χ4v) is 1.55. The van der Waals surface area contributed by atoms with Crippen LogP contribution in [0, 0.1) is 0 Å². The SMILES string of the molecule is COC(=O)C/C=C/[C@@H](C)N1CCOCC1. The van der Waals surface area contributed by atoms with Crippen molar-refractivity contribution < 1.29 is 14.3 Å². The quantitative estimate of drug-likeness (QED) is 0.512. The van der Waals surface area contributed by atoms with Gasteiger partial charge in [0, 0.05) is 19.1 Å². The van der Waals surface area contributed by atoms with Crippen LogP contribution in [-0.2, 0) is 14.3 Å². The topological polar surface area (TPSA) is 38.8 Å².